The largest absolute Gasteiger partial charge is 0.298 e. The number of rotatable bonds is 1. The van der Waals surface area contributed by atoms with Crippen LogP contribution in [-0.4, -0.2) is 16.1 Å². The van der Waals surface area contributed by atoms with E-state index in [2.05, 4.69) is 5.10 Å². The van der Waals surface area contributed by atoms with E-state index in [1.165, 1.54) is 6.07 Å². The van der Waals surface area contributed by atoms with E-state index in [1.807, 2.05) is 0 Å². The number of aromatic nitrogens is 2. The molecule has 0 spiro atoms. The molecule has 2 aromatic rings. The first kappa shape index (κ1) is 7.91. The molecule has 0 aliphatic heterocycles. The zero-order valence-electron chi connectivity index (χ0n) is 6.99. The predicted octanol–water partition coefficient (Wildman–Crippen LogP) is 1.52. The van der Waals surface area contributed by atoms with E-state index < -0.39 is 5.82 Å². The van der Waals surface area contributed by atoms with Gasteiger partial charge in [0, 0.05) is 18.6 Å². The van der Waals surface area contributed by atoms with Gasteiger partial charge in [0.05, 0.1) is 5.56 Å². The lowest BCUT2D eigenvalue weighted by Crippen LogP contribution is -1.91. The number of aldehydes is 1. The third-order valence-corrected chi connectivity index (χ3v) is 1.90. The van der Waals surface area contributed by atoms with Crippen molar-refractivity contribution in [2.45, 2.75) is 0 Å². The Balaban J connectivity index is 2.90. The van der Waals surface area contributed by atoms with Crippen molar-refractivity contribution in [3.05, 3.63) is 29.7 Å². The molecular formula is C9H7FN2O. The molecule has 0 saturated heterocycles. The summed E-state index contributed by atoms with van der Waals surface area (Å²) in [5, 5.41) is 4.76. The lowest BCUT2D eigenvalue weighted by Gasteiger charge is -1.93. The Bertz CT molecular complexity index is 476. The van der Waals surface area contributed by atoms with Crippen LogP contribution in [0.2, 0.25) is 0 Å². The summed E-state index contributed by atoms with van der Waals surface area (Å²) >= 11 is 0. The highest BCUT2D eigenvalue weighted by Gasteiger charge is 2.08. The van der Waals surface area contributed by atoms with Gasteiger partial charge in [0.25, 0.3) is 0 Å². The average Bonchev–Trinajstić information content (AvgIpc) is 2.45. The average molecular weight is 178 g/mol. The van der Waals surface area contributed by atoms with Crippen LogP contribution in [0.3, 0.4) is 0 Å². The summed E-state index contributed by atoms with van der Waals surface area (Å²) in [5.74, 6) is -0.527. The maximum atomic E-state index is 13.0. The van der Waals surface area contributed by atoms with Gasteiger partial charge in [0.1, 0.15) is 11.3 Å². The second-order valence-corrected chi connectivity index (χ2v) is 2.82. The molecule has 1 heterocycles. The summed E-state index contributed by atoms with van der Waals surface area (Å²) in [7, 11) is 1.73. The summed E-state index contributed by atoms with van der Waals surface area (Å²) in [6.45, 7) is 0. The highest BCUT2D eigenvalue weighted by molar-refractivity contribution is 5.95. The number of benzene rings is 1. The minimum absolute atomic E-state index is 0.0260. The van der Waals surface area contributed by atoms with Crippen LogP contribution in [0, 0.1) is 5.82 Å². The van der Waals surface area contributed by atoms with E-state index in [0.717, 1.165) is 5.39 Å². The number of carbonyl (C=O) groups is 1. The minimum atomic E-state index is -0.527. The second kappa shape index (κ2) is 2.65. The summed E-state index contributed by atoms with van der Waals surface area (Å²) in [5.41, 5.74) is 0.440. The molecule has 0 radical (unpaired) electrons. The number of halogens is 1. The Labute approximate surface area is 73.8 Å². The summed E-state index contributed by atoms with van der Waals surface area (Å²) in [4.78, 5) is 10.6. The van der Waals surface area contributed by atoms with Crippen molar-refractivity contribution < 1.29 is 9.18 Å². The first-order chi connectivity index (χ1) is 6.22. The van der Waals surface area contributed by atoms with Crippen LogP contribution in [0.25, 0.3) is 10.9 Å². The Morgan fingerprint density at radius 2 is 2.31 bits per heavy atom. The van der Waals surface area contributed by atoms with E-state index in [4.69, 9.17) is 0 Å². The van der Waals surface area contributed by atoms with Gasteiger partial charge < -0.3 is 0 Å². The molecule has 4 heteroatoms. The fourth-order valence-electron chi connectivity index (χ4n) is 1.32. The molecule has 0 atom stereocenters. The molecule has 0 unspecified atom stereocenters. The molecule has 13 heavy (non-hydrogen) atoms. The molecule has 2 rings (SSSR count). The molecule has 0 N–H and O–H groups in total. The van der Waals surface area contributed by atoms with Crippen molar-refractivity contribution in [1.29, 1.82) is 0 Å². The molecule has 0 aliphatic carbocycles. The van der Waals surface area contributed by atoms with Gasteiger partial charge in [0.15, 0.2) is 6.29 Å². The molecule has 0 fully saturated rings. The molecule has 0 aliphatic rings. The van der Waals surface area contributed by atoms with Crippen molar-refractivity contribution >= 4 is 17.2 Å². The third-order valence-electron chi connectivity index (χ3n) is 1.90. The van der Waals surface area contributed by atoms with E-state index >= 15 is 0 Å². The van der Waals surface area contributed by atoms with Crippen molar-refractivity contribution in [1.82, 2.24) is 9.78 Å². The molecule has 1 aromatic heterocycles. The first-order valence-corrected chi connectivity index (χ1v) is 3.79. The van der Waals surface area contributed by atoms with Crippen LogP contribution in [-0.2, 0) is 7.05 Å². The molecule has 1 aromatic carbocycles. The van der Waals surface area contributed by atoms with Gasteiger partial charge in [0.2, 0.25) is 0 Å². The van der Waals surface area contributed by atoms with Crippen LogP contribution in [0.5, 0.6) is 0 Å². The van der Waals surface area contributed by atoms with Gasteiger partial charge in [-0.15, -0.1) is 0 Å². The van der Waals surface area contributed by atoms with Gasteiger partial charge >= 0.3 is 0 Å². The standard InChI is InChI=1S/C9H7FN2O/c1-12-4-6-2-3-8(10)7(5-13)9(6)11-12/h2-5H,1H3. The van der Waals surface area contributed by atoms with Crippen LogP contribution in [0.4, 0.5) is 4.39 Å². The zero-order valence-corrected chi connectivity index (χ0v) is 6.99. The Hall–Kier alpha value is -1.71. The monoisotopic (exact) mass is 178 g/mol. The zero-order chi connectivity index (χ0) is 9.42. The third kappa shape index (κ3) is 1.11. The molecule has 66 valence electrons. The van der Waals surface area contributed by atoms with E-state index in [9.17, 15) is 9.18 Å². The number of aryl methyl sites for hydroxylation is 1. The van der Waals surface area contributed by atoms with Crippen LogP contribution < -0.4 is 0 Å². The minimum Gasteiger partial charge on any atom is -0.298 e. The summed E-state index contributed by atoms with van der Waals surface area (Å²) in [6.07, 6.45) is 2.23. The topological polar surface area (TPSA) is 34.9 Å². The number of hydrogen-bond acceptors (Lipinski definition) is 2. The van der Waals surface area contributed by atoms with Crippen LogP contribution in [0.15, 0.2) is 18.3 Å². The number of nitrogens with zero attached hydrogens (tertiary/aromatic N) is 2. The molecule has 0 bridgehead atoms. The smallest absolute Gasteiger partial charge is 0.155 e. The van der Waals surface area contributed by atoms with Crippen molar-refractivity contribution in [3.8, 4) is 0 Å². The Morgan fingerprint density at radius 1 is 1.54 bits per heavy atom. The Kier molecular flexibility index (Phi) is 1.62. The lowest BCUT2D eigenvalue weighted by atomic mass is 10.1. The van der Waals surface area contributed by atoms with Crippen LogP contribution in [0.1, 0.15) is 10.4 Å². The van der Waals surface area contributed by atoms with Gasteiger partial charge in [-0.05, 0) is 12.1 Å². The van der Waals surface area contributed by atoms with E-state index in [0.29, 0.717) is 11.8 Å². The van der Waals surface area contributed by atoms with Gasteiger partial charge in [-0.1, -0.05) is 0 Å². The first-order valence-electron chi connectivity index (χ1n) is 3.79. The SMILES string of the molecule is Cn1cc2ccc(F)c(C=O)c2n1. The highest BCUT2D eigenvalue weighted by atomic mass is 19.1. The number of carbonyl (C=O) groups excluding carboxylic acids is 1. The van der Waals surface area contributed by atoms with E-state index in [1.54, 1.807) is 24.0 Å². The fraction of sp³-hybridized carbons (Fsp3) is 0.111. The maximum absolute atomic E-state index is 13.0. The Morgan fingerprint density at radius 3 is 3.00 bits per heavy atom. The second-order valence-electron chi connectivity index (χ2n) is 2.82. The number of fused-ring (bicyclic) bond motifs is 1. The quantitative estimate of drug-likeness (QED) is 0.620. The van der Waals surface area contributed by atoms with Gasteiger partial charge in [-0.2, -0.15) is 5.10 Å². The molecular weight excluding hydrogens is 171 g/mol. The van der Waals surface area contributed by atoms with Gasteiger partial charge in [-0.25, -0.2) is 4.39 Å². The molecule has 3 nitrogen and oxygen atoms in total. The lowest BCUT2D eigenvalue weighted by molar-refractivity contribution is 0.112. The van der Waals surface area contributed by atoms with Crippen molar-refractivity contribution in [2.24, 2.45) is 7.05 Å². The molecule has 0 saturated carbocycles. The molecule has 0 amide bonds. The van der Waals surface area contributed by atoms with Crippen LogP contribution >= 0.6 is 0 Å². The van der Waals surface area contributed by atoms with E-state index in [-0.39, 0.29) is 5.56 Å². The highest BCUT2D eigenvalue weighted by Crippen LogP contribution is 2.17. The van der Waals surface area contributed by atoms with Crippen molar-refractivity contribution in [3.63, 3.8) is 0 Å². The normalized spacial score (nSPS) is 10.6. The fourth-order valence-corrected chi connectivity index (χ4v) is 1.32. The van der Waals surface area contributed by atoms with Gasteiger partial charge in [-0.3, -0.25) is 9.48 Å². The van der Waals surface area contributed by atoms with Crippen molar-refractivity contribution in [2.75, 3.05) is 0 Å². The maximum Gasteiger partial charge on any atom is 0.155 e. The summed E-state index contributed by atoms with van der Waals surface area (Å²) < 4.78 is 14.6. The summed E-state index contributed by atoms with van der Waals surface area (Å²) in [6, 6.07) is 2.87. The number of hydrogen-bond donors (Lipinski definition) is 0. The predicted molar refractivity (Wildman–Crippen MR) is 46.1 cm³/mol.